The number of piperidine rings is 1. The Balaban J connectivity index is 2.20. The number of ketones is 1. The maximum absolute atomic E-state index is 12.2. The Hall–Kier alpha value is -1.84. The van der Waals surface area contributed by atoms with Crippen molar-refractivity contribution in [2.75, 3.05) is 6.54 Å². The van der Waals surface area contributed by atoms with Crippen molar-refractivity contribution in [3.8, 4) is 0 Å². The van der Waals surface area contributed by atoms with Crippen LogP contribution in [0.25, 0.3) is 0 Å². The molecule has 2 rings (SSSR count). The van der Waals surface area contributed by atoms with Gasteiger partial charge in [0.25, 0.3) is 0 Å². The van der Waals surface area contributed by atoms with E-state index in [2.05, 4.69) is 0 Å². The molecule has 4 heteroatoms. The molecular weight excluding hydrogens is 218 g/mol. The van der Waals surface area contributed by atoms with Crippen LogP contribution in [0.5, 0.6) is 0 Å². The van der Waals surface area contributed by atoms with E-state index in [0.29, 0.717) is 18.5 Å². The molecule has 1 aromatic rings. The lowest BCUT2D eigenvalue weighted by molar-refractivity contribution is 0.0714. The monoisotopic (exact) mass is 233 g/mol. The predicted octanol–water partition coefficient (Wildman–Crippen LogP) is 2.40. The summed E-state index contributed by atoms with van der Waals surface area (Å²) in [5, 5.41) is 9.08. The largest absolute Gasteiger partial charge is 0.465 e. The molecule has 1 fully saturated rings. The van der Waals surface area contributed by atoms with Crippen LogP contribution < -0.4 is 0 Å². The third-order valence-corrected chi connectivity index (χ3v) is 3.11. The number of amides is 1. The molecule has 0 spiro atoms. The first kappa shape index (κ1) is 11.6. The molecular formula is C13H15NO3. The summed E-state index contributed by atoms with van der Waals surface area (Å²) in [6, 6.07) is 8.38. The van der Waals surface area contributed by atoms with Crippen LogP contribution in [0.15, 0.2) is 30.3 Å². The number of benzene rings is 1. The molecule has 4 nitrogen and oxygen atoms in total. The molecule has 1 saturated heterocycles. The van der Waals surface area contributed by atoms with Crippen LogP contribution in [0.3, 0.4) is 0 Å². The van der Waals surface area contributed by atoms with E-state index < -0.39 is 12.1 Å². The number of hydrogen-bond donors (Lipinski definition) is 1. The normalized spacial score (nSPS) is 20.0. The lowest BCUT2D eigenvalue weighted by Crippen LogP contribution is -2.47. The average Bonchev–Trinajstić information content (AvgIpc) is 2.39. The molecule has 1 N–H and O–H groups in total. The van der Waals surface area contributed by atoms with Gasteiger partial charge in [0.2, 0.25) is 0 Å². The van der Waals surface area contributed by atoms with E-state index in [0.717, 1.165) is 12.8 Å². The fourth-order valence-electron chi connectivity index (χ4n) is 2.23. The molecule has 0 saturated carbocycles. The quantitative estimate of drug-likeness (QED) is 0.798. The Kier molecular flexibility index (Phi) is 3.42. The van der Waals surface area contributed by atoms with E-state index in [4.69, 9.17) is 5.11 Å². The van der Waals surface area contributed by atoms with Gasteiger partial charge in [-0.1, -0.05) is 30.3 Å². The fourth-order valence-corrected chi connectivity index (χ4v) is 2.23. The zero-order chi connectivity index (χ0) is 12.3. The van der Waals surface area contributed by atoms with Crippen molar-refractivity contribution in [2.45, 2.75) is 25.3 Å². The Morgan fingerprint density at radius 3 is 2.53 bits per heavy atom. The van der Waals surface area contributed by atoms with Gasteiger partial charge in [0, 0.05) is 12.1 Å². The van der Waals surface area contributed by atoms with Crippen molar-refractivity contribution in [2.24, 2.45) is 0 Å². The highest BCUT2D eigenvalue weighted by Crippen LogP contribution is 2.20. The Labute approximate surface area is 99.9 Å². The second-order valence-electron chi connectivity index (χ2n) is 4.22. The highest BCUT2D eigenvalue weighted by molar-refractivity contribution is 6.01. The molecule has 90 valence electrons. The van der Waals surface area contributed by atoms with Gasteiger partial charge in [-0.25, -0.2) is 4.79 Å². The number of nitrogens with zero attached hydrogens (tertiary/aromatic N) is 1. The summed E-state index contributed by atoms with van der Waals surface area (Å²) >= 11 is 0. The second-order valence-corrected chi connectivity index (χ2v) is 4.22. The highest BCUT2D eigenvalue weighted by Gasteiger charge is 2.32. The minimum absolute atomic E-state index is 0.0901. The predicted molar refractivity (Wildman–Crippen MR) is 63.1 cm³/mol. The van der Waals surface area contributed by atoms with Gasteiger partial charge in [0.05, 0.1) is 6.04 Å². The maximum atomic E-state index is 12.2. The summed E-state index contributed by atoms with van der Waals surface area (Å²) in [5.74, 6) is -0.0901. The number of Topliss-reactive ketones (excluding diaryl/α,β-unsaturated/α-hetero) is 1. The molecule has 0 aliphatic carbocycles. The van der Waals surface area contributed by atoms with Gasteiger partial charge in [-0.2, -0.15) is 0 Å². The minimum atomic E-state index is -1.00. The van der Waals surface area contributed by atoms with E-state index in [1.807, 2.05) is 6.07 Å². The third kappa shape index (κ3) is 2.46. The van der Waals surface area contributed by atoms with Gasteiger partial charge >= 0.3 is 6.09 Å². The molecule has 0 aromatic heterocycles. The smallest absolute Gasteiger partial charge is 0.407 e. The van der Waals surface area contributed by atoms with Crippen LogP contribution in [0.2, 0.25) is 0 Å². The molecule has 1 heterocycles. The first-order valence-corrected chi connectivity index (χ1v) is 5.79. The number of carboxylic acid groups (broad SMARTS) is 1. The highest BCUT2D eigenvalue weighted by atomic mass is 16.4. The van der Waals surface area contributed by atoms with Crippen LogP contribution >= 0.6 is 0 Å². The number of carbonyl (C=O) groups is 2. The van der Waals surface area contributed by atoms with E-state index in [9.17, 15) is 9.59 Å². The molecule has 1 aliphatic heterocycles. The molecule has 0 radical (unpaired) electrons. The third-order valence-electron chi connectivity index (χ3n) is 3.11. The molecule has 1 amide bonds. The summed E-state index contributed by atoms with van der Waals surface area (Å²) < 4.78 is 0. The topological polar surface area (TPSA) is 57.6 Å². The van der Waals surface area contributed by atoms with E-state index in [-0.39, 0.29) is 5.78 Å². The van der Waals surface area contributed by atoms with E-state index in [1.165, 1.54) is 4.90 Å². The molecule has 1 aliphatic rings. The van der Waals surface area contributed by atoms with Crippen LogP contribution in [0.1, 0.15) is 29.6 Å². The van der Waals surface area contributed by atoms with Crippen LogP contribution in [0.4, 0.5) is 4.79 Å². The molecule has 1 aromatic carbocycles. The summed E-state index contributed by atoms with van der Waals surface area (Å²) in [6.07, 6.45) is 1.37. The first-order chi connectivity index (χ1) is 8.20. The van der Waals surface area contributed by atoms with Gasteiger partial charge in [-0.3, -0.25) is 9.69 Å². The number of rotatable bonds is 2. The Morgan fingerprint density at radius 2 is 1.88 bits per heavy atom. The van der Waals surface area contributed by atoms with Gasteiger partial charge in [0.15, 0.2) is 5.78 Å². The number of carbonyl (C=O) groups excluding carboxylic acids is 1. The first-order valence-electron chi connectivity index (χ1n) is 5.79. The summed E-state index contributed by atoms with van der Waals surface area (Å²) in [6.45, 7) is 0.457. The van der Waals surface area contributed by atoms with Crippen molar-refractivity contribution >= 4 is 11.9 Å². The zero-order valence-electron chi connectivity index (χ0n) is 9.50. The van der Waals surface area contributed by atoms with E-state index >= 15 is 0 Å². The van der Waals surface area contributed by atoms with Crippen LogP contribution in [-0.4, -0.2) is 34.5 Å². The minimum Gasteiger partial charge on any atom is -0.465 e. The van der Waals surface area contributed by atoms with Crippen molar-refractivity contribution in [1.29, 1.82) is 0 Å². The van der Waals surface area contributed by atoms with Crippen molar-refractivity contribution in [3.63, 3.8) is 0 Å². The number of hydrogen-bond acceptors (Lipinski definition) is 2. The Bertz CT molecular complexity index is 416. The fraction of sp³-hybridized carbons (Fsp3) is 0.385. The molecule has 0 bridgehead atoms. The Morgan fingerprint density at radius 1 is 1.18 bits per heavy atom. The average molecular weight is 233 g/mol. The van der Waals surface area contributed by atoms with Crippen LogP contribution in [0, 0.1) is 0 Å². The van der Waals surface area contributed by atoms with Crippen molar-refractivity contribution < 1.29 is 14.7 Å². The maximum Gasteiger partial charge on any atom is 0.407 e. The SMILES string of the molecule is O=C(c1ccccc1)C1CCCCN1C(=O)O. The van der Waals surface area contributed by atoms with Gasteiger partial charge in [-0.05, 0) is 19.3 Å². The van der Waals surface area contributed by atoms with Gasteiger partial charge in [-0.15, -0.1) is 0 Å². The standard InChI is InChI=1S/C13H15NO3/c15-12(10-6-2-1-3-7-10)11-8-4-5-9-14(11)13(16)17/h1-3,6-7,11H,4-5,8-9H2,(H,16,17). The number of likely N-dealkylation sites (tertiary alicyclic amines) is 1. The van der Waals surface area contributed by atoms with Gasteiger partial charge < -0.3 is 5.11 Å². The summed E-state index contributed by atoms with van der Waals surface area (Å²) in [5.41, 5.74) is 0.589. The molecule has 1 unspecified atom stereocenters. The second kappa shape index (κ2) is 4.99. The zero-order valence-corrected chi connectivity index (χ0v) is 9.50. The lowest BCUT2D eigenvalue weighted by Gasteiger charge is -2.32. The van der Waals surface area contributed by atoms with E-state index in [1.54, 1.807) is 24.3 Å². The molecule has 17 heavy (non-hydrogen) atoms. The molecule has 1 atom stereocenters. The van der Waals surface area contributed by atoms with Crippen LogP contribution in [-0.2, 0) is 0 Å². The van der Waals surface area contributed by atoms with Crippen molar-refractivity contribution in [3.05, 3.63) is 35.9 Å². The lowest BCUT2D eigenvalue weighted by atomic mass is 9.95. The summed E-state index contributed by atoms with van der Waals surface area (Å²) in [4.78, 5) is 24.5. The summed E-state index contributed by atoms with van der Waals surface area (Å²) in [7, 11) is 0. The van der Waals surface area contributed by atoms with Crippen molar-refractivity contribution in [1.82, 2.24) is 4.90 Å². The van der Waals surface area contributed by atoms with Gasteiger partial charge in [0.1, 0.15) is 0 Å².